The van der Waals surface area contributed by atoms with E-state index in [2.05, 4.69) is 5.10 Å². The number of rotatable bonds is 4. The first-order chi connectivity index (χ1) is 12.0. The number of carbonyl (C=O) groups excluding carboxylic acids is 1. The Morgan fingerprint density at radius 1 is 1.20 bits per heavy atom. The van der Waals surface area contributed by atoms with Gasteiger partial charge in [-0.2, -0.15) is 5.10 Å². The lowest BCUT2D eigenvalue weighted by atomic mass is 9.93. The lowest BCUT2D eigenvalue weighted by molar-refractivity contribution is 0.0597. The highest BCUT2D eigenvalue weighted by Gasteiger charge is 2.18. The van der Waals surface area contributed by atoms with Crippen molar-refractivity contribution in [1.82, 2.24) is 9.78 Å². The van der Waals surface area contributed by atoms with Crippen LogP contribution in [0, 0.1) is 13.8 Å². The van der Waals surface area contributed by atoms with Crippen LogP contribution in [0.1, 0.15) is 32.6 Å². The molecule has 3 rings (SSSR count). The molecule has 25 heavy (non-hydrogen) atoms. The molecule has 5 nitrogen and oxygen atoms in total. The third-order valence-corrected chi connectivity index (χ3v) is 4.48. The van der Waals surface area contributed by atoms with Crippen LogP contribution in [0.15, 0.2) is 48.8 Å². The summed E-state index contributed by atoms with van der Waals surface area (Å²) in [6, 6.07) is 11.7. The van der Waals surface area contributed by atoms with E-state index >= 15 is 0 Å². The second-order valence-corrected chi connectivity index (χ2v) is 5.97. The Labute approximate surface area is 146 Å². The van der Waals surface area contributed by atoms with Gasteiger partial charge in [-0.05, 0) is 66.8 Å². The van der Waals surface area contributed by atoms with E-state index in [1.54, 1.807) is 23.9 Å². The van der Waals surface area contributed by atoms with Crippen LogP contribution < -0.4 is 0 Å². The smallest absolute Gasteiger partial charge is 0.341 e. The van der Waals surface area contributed by atoms with Crippen LogP contribution in [0.4, 0.5) is 0 Å². The van der Waals surface area contributed by atoms with Crippen molar-refractivity contribution >= 4 is 5.97 Å². The van der Waals surface area contributed by atoms with Gasteiger partial charge in [0.25, 0.3) is 0 Å². The molecule has 5 heteroatoms. The molecule has 0 spiro atoms. The Balaban J connectivity index is 1.92. The number of phenolic OH excluding ortho intramolecular Hbond substituents is 1. The number of esters is 1. The first-order valence-corrected chi connectivity index (χ1v) is 8.00. The Morgan fingerprint density at radius 3 is 2.52 bits per heavy atom. The van der Waals surface area contributed by atoms with Crippen LogP contribution in [0.5, 0.6) is 5.75 Å². The van der Waals surface area contributed by atoms with Gasteiger partial charge >= 0.3 is 5.97 Å². The number of aromatic hydroxyl groups is 1. The van der Waals surface area contributed by atoms with Crippen molar-refractivity contribution in [2.75, 3.05) is 7.11 Å². The summed E-state index contributed by atoms with van der Waals surface area (Å²) in [5.74, 6) is -0.544. The number of hydrogen-bond donors (Lipinski definition) is 1. The second-order valence-electron chi connectivity index (χ2n) is 5.97. The zero-order valence-electron chi connectivity index (χ0n) is 14.5. The van der Waals surface area contributed by atoms with E-state index < -0.39 is 5.97 Å². The summed E-state index contributed by atoms with van der Waals surface area (Å²) >= 11 is 0. The van der Waals surface area contributed by atoms with E-state index in [1.807, 2.05) is 43.5 Å². The maximum Gasteiger partial charge on any atom is 0.341 e. The van der Waals surface area contributed by atoms with Crippen molar-refractivity contribution in [3.05, 3.63) is 76.6 Å². The highest BCUT2D eigenvalue weighted by atomic mass is 16.5. The molecular formula is C20H20N2O3. The minimum Gasteiger partial charge on any atom is -0.507 e. The van der Waals surface area contributed by atoms with Crippen molar-refractivity contribution < 1.29 is 14.6 Å². The molecule has 0 aliphatic heterocycles. The van der Waals surface area contributed by atoms with Crippen LogP contribution in [-0.4, -0.2) is 28.0 Å². The average molecular weight is 336 g/mol. The molecule has 1 N–H and O–H groups in total. The Morgan fingerprint density at radius 2 is 1.92 bits per heavy atom. The van der Waals surface area contributed by atoms with E-state index in [0.29, 0.717) is 12.0 Å². The maximum absolute atomic E-state index is 11.9. The van der Waals surface area contributed by atoms with Gasteiger partial charge in [-0.25, -0.2) is 9.48 Å². The molecule has 0 radical (unpaired) electrons. The van der Waals surface area contributed by atoms with Gasteiger partial charge in [-0.1, -0.05) is 12.1 Å². The van der Waals surface area contributed by atoms with Crippen LogP contribution >= 0.6 is 0 Å². The van der Waals surface area contributed by atoms with Crippen molar-refractivity contribution in [3.63, 3.8) is 0 Å². The minimum absolute atomic E-state index is 0.0119. The molecule has 0 aliphatic carbocycles. The van der Waals surface area contributed by atoms with Gasteiger partial charge < -0.3 is 9.84 Å². The quantitative estimate of drug-likeness (QED) is 0.740. The summed E-state index contributed by atoms with van der Waals surface area (Å²) in [7, 11) is 1.31. The fraction of sp³-hybridized carbons (Fsp3) is 0.200. The summed E-state index contributed by atoms with van der Waals surface area (Å²) in [5, 5.41) is 14.4. The number of methoxy groups -OCH3 is 1. The monoisotopic (exact) mass is 336 g/mol. The molecule has 128 valence electrons. The van der Waals surface area contributed by atoms with Gasteiger partial charge in [-0.3, -0.25) is 0 Å². The lowest BCUT2D eigenvalue weighted by Crippen LogP contribution is -2.06. The second kappa shape index (κ2) is 6.81. The van der Waals surface area contributed by atoms with E-state index in [0.717, 1.165) is 22.4 Å². The average Bonchev–Trinajstić information content (AvgIpc) is 3.17. The van der Waals surface area contributed by atoms with E-state index in [4.69, 9.17) is 4.74 Å². The van der Waals surface area contributed by atoms with Gasteiger partial charge in [0.05, 0.1) is 12.8 Å². The molecule has 1 aromatic heterocycles. The van der Waals surface area contributed by atoms with Crippen molar-refractivity contribution in [1.29, 1.82) is 0 Å². The number of aromatic nitrogens is 2. The number of nitrogens with zero attached hydrogens (tertiary/aromatic N) is 2. The number of phenols is 1. The summed E-state index contributed by atoms with van der Waals surface area (Å²) < 4.78 is 6.57. The van der Waals surface area contributed by atoms with Crippen molar-refractivity contribution in [2.45, 2.75) is 20.3 Å². The molecule has 0 fully saturated rings. The van der Waals surface area contributed by atoms with Crippen molar-refractivity contribution in [3.8, 4) is 11.4 Å². The van der Waals surface area contributed by atoms with Crippen LogP contribution in [0.3, 0.4) is 0 Å². The number of hydrogen-bond acceptors (Lipinski definition) is 4. The van der Waals surface area contributed by atoms with Crippen LogP contribution in [0.25, 0.3) is 5.69 Å². The molecule has 0 saturated carbocycles. The highest BCUT2D eigenvalue weighted by molar-refractivity contribution is 5.93. The van der Waals surface area contributed by atoms with Gasteiger partial charge in [0, 0.05) is 12.4 Å². The summed E-state index contributed by atoms with van der Waals surface area (Å²) in [4.78, 5) is 11.9. The molecule has 0 aliphatic rings. The summed E-state index contributed by atoms with van der Waals surface area (Å²) in [5.41, 5.74) is 4.96. The lowest BCUT2D eigenvalue weighted by Gasteiger charge is -2.14. The van der Waals surface area contributed by atoms with Crippen molar-refractivity contribution in [2.24, 2.45) is 0 Å². The van der Waals surface area contributed by atoms with E-state index in [-0.39, 0.29) is 11.3 Å². The van der Waals surface area contributed by atoms with Gasteiger partial charge in [0.1, 0.15) is 11.3 Å². The van der Waals surface area contributed by atoms with E-state index in [9.17, 15) is 9.90 Å². The fourth-order valence-corrected chi connectivity index (χ4v) is 2.83. The molecule has 2 aromatic carbocycles. The molecular weight excluding hydrogens is 316 g/mol. The zero-order valence-corrected chi connectivity index (χ0v) is 14.5. The molecule has 1 heterocycles. The Bertz CT molecular complexity index is 898. The zero-order chi connectivity index (χ0) is 18.0. The van der Waals surface area contributed by atoms with Gasteiger partial charge in [0.2, 0.25) is 0 Å². The SMILES string of the molecule is COC(=O)c1cc(Cc2ccc(-n3cccn3)cc2)c(C)c(C)c1O. The molecule has 0 bridgehead atoms. The largest absolute Gasteiger partial charge is 0.507 e. The summed E-state index contributed by atoms with van der Waals surface area (Å²) in [6.07, 6.45) is 4.30. The summed E-state index contributed by atoms with van der Waals surface area (Å²) in [6.45, 7) is 3.75. The van der Waals surface area contributed by atoms with E-state index in [1.165, 1.54) is 7.11 Å². The highest BCUT2D eigenvalue weighted by Crippen LogP contribution is 2.30. The first-order valence-electron chi connectivity index (χ1n) is 8.00. The fourth-order valence-electron chi connectivity index (χ4n) is 2.83. The predicted molar refractivity (Wildman–Crippen MR) is 95.3 cm³/mol. The van der Waals surface area contributed by atoms with Crippen LogP contribution in [-0.2, 0) is 11.2 Å². The molecule has 0 amide bonds. The molecule has 0 unspecified atom stereocenters. The number of benzene rings is 2. The predicted octanol–water partition coefficient (Wildman–Crippen LogP) is 3.57. The Hall–Kier alpha value is -3.08. The number of ether oxygens (including phenoxy) is 1. The third kappa shape index (κ3) is 3.26. The molecule has 0 saturated heterocycles. The third-order valence-electron chi connectivity index (χ3n) is 4.48. The molecule has 3 aromatic rings. The normalized spacial score (nSPS) is 10.7. The van der Waals surface area contributed by atoms with Gasteiger partial charge in [0.15, 0.2) is 0 Å². The first kappa shape index (κ1) is 16.8. The minimum atomic E-state index is -0.532. The Kier molecular flexibility index (Phi) is 4.57. The topological polar surface area (TPSA) is 64.4 Å². The van der Waals surface area contributed by atoms with Crippen LogP contribution in [0.2, 0.25) is 0 Å². The maximum atomic E-state index is 11.9. The van der Waals surface area contributed by atoms with Gasteiger partial charge in [-0.15, -0.1) is 0 Å². The molecule has 0 atom stereocenters. The number of carbonyl (C=O) groups is 1. The standard InChI is InChI=1S/C20H20N2O3/c1-13-14(2)19(23)18(20(24)25-3)12-16(13)11-15-5-7-17(8-6-15)22-10-4-9-21-22/h4-10,12,23H,11H2,1-3H3.